The molecule has 13 rings (SSSR count). The molecule has 6 heteroatoms. The molecule has 0 unspecified atom stereocenters. The summed E-state index contributed by atoms with van der Waals surface area (Å²) >= 11 is 0. The second-order valence-electron chi connectivity index (χ2n) is 15.0. The Morgan fingerprint density at radius 1 is 0.328 bits per heavy atom. The maximum Gasteiger partial charge on any atom is 0.169 e. The molecule has 0 radical (unpaired) electrons. The van der Waals surface area contributed by atoms with E-state index < -0.39 is 0 Å². The molecule has 5 heterocycles. The molecule has 0 N–H and O–H groups in total. The second-order valence-corrected chi connectivity index (χ2v) is 15.0. The molecule has 0 amide bonds. The Morgan fingerprint density at radius 2 is 0.690 bits per heavy atom. The van der Waals surface area contributed by atoms with Gasteiger partial charge >= 0.3 is 0 Å². The van der Waals surface area contributed by atoms with E-state index in [1.165, 1.54) is 32.3 Å². The lowest BCUT2D eigenvalue weighted by Gasteiger charge is -2.17. The second kappa shape index (κ2) is 11.8. The summed E-state index contributed by atoms with van der Waals surface area (Å²) in [7, 11) is 0. The van der Waals surface area contributed by atoms with Crippen LogP contribution in [0.2, 0.25) is 0 Å². The monoisotopic (exact) mass is 741 g/mol. The van der Waals surface area contributed by atoms with Crippen LogP contribution in [0.15, 0.2) is 192 Å². The van der Waals surface area contributed by atoms with Crippen LogP contribution in [0.5, 0.6) is 0 Å². The van der Waals surface area contributed by atoms with Gasteiger partial charge in [-0.05, 0) is 54.6 Å². The summed E-state index contributed by atoms with van der Waals surface area (Å²) in [5.41, 5.74) is 9.83. The van der Waals surface area contributed by atoms with Gasteiger partial charge in [0.25, 0.3) is 0 Å². The van der Waals surface area contributed by atoms with Crippen molar-refractivity contribution in [2.24, 2.45) is 0 Å². The molecule has 270 valence electrons. The van der Waals surface area contributed by atoms with Gasteiger partial charge in [0, 0.05) is 49.2 Å². The van der Waals surface area contributed by atoms with Crippen molar-refractivity contribution in [2.75, 3.05) is 0 Å². The third-order valence-electron chi connectivity index (χ3n) is 11.9. The predicted molar refractivity (Wildman–Crippen MR) is 238 cm³/mol. The lowest BCUT2D eigenvalue weighted by molar-refractivity contribution is 0.669. The molecule has 0 bridgehead atoms. The summed E-state index contributed by atoms with van der Waals surface area (Å²) in [4.78, 5) is 11.3. The van der Waals surface area contributed by atoms with Crippen LogP contribution in [0.4, 0.5) is 0 Å². The van der Waals surface area contributed by atoms with Crippen LogP contribution < -0.4 is 0 Å². The number of fused-ring (bicyclic) bond motifs is 12. The fourth-order valence-electron chi connectivity index (χ4n) is 9.46. The van der Waals surface area contributed by atoms with Crippen LogP contribution in [0, 0.1) is 0 Å². The summed E-state index contributed by atoms with van der Waals surface area (Å²) in [6, 6.07) is 66.4. The molecule has 58 heavy (non-hydrogen) atoms. The van der Waals surface area contributed by atoms with Crippen LogP contribution in [0.1, 0.15) is 0 Å². The highest BCUT2D eigenvalue weighted by Gasteiger charge is 2.25. The Hall–Kier alpha value is -7.96. The number of nitrogens with zero attached hydrogens (tertiary/aromatic N) is 5. The minimum absolute atomic E-state index is 0.567. The first-order valence-corrected chi connectivity index (χ1v) is 19.6. The molecule has 6 nitrogen and oxygen atoms in total. The van der Waals surface area contributed by atoms with Gasteiger partial charge in [-0.3, -0.25) is 9.13 Å². The van der Waals surface area contributed by atoms with Crippen LogP contribution in [0.3, 0.4) is 0 Å². The van der Waals surface area contributed by atoms with Crippen molar-refractivity contribution < 1.29 is 4.42 Å². The Labute approximate surface area is 331 Å². The van der Waals surface area contributed by atoms with E-state index in [2.05, 4.69) is 190 Å². The van der Waals surface area contributed by atoms with E-state index >= 15 is 0 Å². The van der Waals surface area contributed by atoms with Gasteiger partial charge in [0.1, 0.15) is 22.8 Å². The van der Waals surface area contributed by atoms with Gasteiger partial charge in [-0.1, -0.05) is 127 Å². The van der Waals surface area contributed by atoms with Gasteiger partial charge < -0.3 is 8.98 Å². The van der Waals surface area contributed by atoms with Crippen LogP contribution >= 0.6 is 0 Å². The van der Waals surface area contributed by atoms with E-state index in [0.29, 0.717) is 5.82 Å². The Bertz CT molecular complexity index is 3530. The van der Waals surface area contributed by atoms with E-state index in [1.807, 2.05) is 12.1 Å². The number of aromatic nitrogens is 5. The van der Waals surface area contributed by atoms with Gasteiger partial charge in [-0.25, -0.2) is 9.97 Å². The van der Waals surface area contributed by atoms with Crippen LogP contribution in [0.25, 0.3) is 116 Å². The van der Waals surface area contributed by atoms with Gasteiger partial charge in [0.05, 0.1) is 44.4 Å². The van der Waals surface area contributed by atoms with Gasteiger partial charge in [-0.15, -0.1) is 0 Å². The standard InChI is InChI=1S/C52H31N5O/c1-8-22-40-32(15-1)33-16-2-9-23-41(33)55(40)46-30-29-39-38-21-7-14-28-47(38)58-51(39)50(46)52-53-48(56-42-24-10-3-17-34(42)35-18-4-11-25-43(35)56)31-49(54-52)57-44-26-12-5-19-36(44)37-20-6-13-27-45(37)57/h1-31H. The highest BCUT2D eigenvalue weighted by atomic mass is 16.3. The first-order valence-electron chi connectivity index (χ1n) is 19.6. The van der Waals surface area contributed by atoms with Gasteiger partial charge in [0.2, 0.25) is 0 Å². The lowest BCUT2D eigenvalue weighted by atomic mass is 10.1. The van der Waals surface area contributed by atoms with Gasteiger partial charge in [0.15, 0.2) is 5.82 Å². The number of benzene rings is 8. The largest absolute Gasteiger partial charge is 0.455 e. The summed E-state index contributed by atoms with van der Waals surface area (Å²) < 4.78 is 13.9. The maximum absolute atomic E-state index is 6.94. The molecule has 0 aliphatic rings. The van der Waals surface area contributed by atoms with Crippen molar-refractivity contribution in [1.29, 1.82) is 0 Å². The molecule has 0 spiro atoms. The number of hydrogen-bond donors (Lipinski definition) is 0. The van der Waals surface area contributed by atoms with Crippen molar-refractivity contribution in [3.8, 4) is 28.7 Å². The molecule has 13 aromatic rings. The number of hydrogen-bond acceptors (Lipinski definition) is 3. The smallest absolute Gasteiger partial charge is 0.169 e. The van der Waals surface area contributed by atoms with E-state index in [9.17, 15) is 0 Å². The summed E-state index contributed by atoms with van der Waals surface area (Å²) in [5, 5.41) is 9.10. The topological polar surface area (TPSA) is 53.7 Å². The first kappa shape index (κ1) is 31.3. The number of furan rings is 1. The zero-order valence-corrected chi connectivity index (χ0v) is 31.0. The molecule has 8 aromatic carbocycles. The molecule has 0 saturated heterocycles. The lowest BCUT2D eigenvalue weighted by Crippen LogP contribution is -2.08. The van der Waals surface area contributed by atoms with E-state index in [4.69, 9.17) is 14.4 Å². The van der Waals surface area contributed by atoms with Crippen molar-refractivity contribution in [3.63, 3.8) is 0 Å². The maximum atomic E-state index is 6.94. The molecular weight excluding hydrogens is 711 g/mol. The third-order valence-corrected chi connectivity index (χ3v) is 11.9. The Morgan fingerprint density at radius 3 is 1.12 bits per heavy atom. The van der Waals surface area contributed by atoms with Gasteiger partial charge in [-0.2, -0.15) is 0 Å². The zero-order chi connectivity index (χ0) is 37.9. The minimum Gasteiger partial charge on any atom is -0.455 e. The molecule has 0 atom stereocenters. The molecular formula is C52H31N5O. The fourth-order valence-corrected chi connectivity index (χ4v) is 9.46. The normalized spacial score (nSPS) is 12.1. The minimum atomic E-state index is 0.567. The molecule has 0 fully saturated rings. The third kappa shape index (κ3) is 4.26. The summed E-state index contributed by atoms with van der Waals surface area (Å²) in [6.45, 7) is 0. The first-order chi connectivity index (χ1) is 28.8. The van der Waals surface area contributed by atoms with Crippen molar-refractivity contribution in [3.05, 3.63) is 188 Å². The average Bonchev–Trinajstić information content (AvgIpc) is 4.02. The quantitative estimate of drug-likeness (QED) is 0.180. The number of rotatable bonds is 4. The van der Waals surface area contributed by atoms with Crippen molar-refractivity contribution in [2.45, 2.75) is 0 Å². The van der Waals surface area contributed by atoms with E-state index in [-0.39, 0.29) is 0 Å². The zero-order valence-electron chi connectivity index (χ0n) is 31.0. The van der Waals surface area contributed by atoms with E-state index in [1.54, 1.807) is 0 Å². The van der Waals surface area contributed by atoms with Crippen molar-refractivity contribution >= 4 is 87.4 Å². The summed E-state index contributed by atoms with van der Waals surface area (Å²) in [5.74, 6) is 2.10. The summed E-state index contributed by atoms with van der Waals surface area (Å²) in [6.07, 6.45) is 0. The highest BCUT2D eigenvalue weighted by Crippen LogP contribution is 2.43. The Balaban J connectivity index is 1.22. The highest BCUT2D eigenvalue weighted by molar-refractivity contribution is 6.14. The van der Waals surface area contributed by atoms with E-state index in [0.717, 1.165) is 77.9 Å². The fraction of sp³-hybridized carbons (Fsp3) is 0. The Kier molecular flexibility index (Phi) is 6.35. The van der Waals surface area contributed by atoms with Crippen molar-refractivity contribution in [1.82, 2.24) is 23.7 Å². The molecule has 0 aliphatic heterocycles. The SMILES string of the molecule is c1ccc2c(c1)oc1c(-c3nc(-n4c5ccccc5c5ccccc54)cc(-n4c5ccccc5c5ccccc54)n3)c(-n3c4ccccc4c4ccccc43)ccc12. The molecule has 5 aromatic heterocycles. The average molecular weight is 742 g/mol. The molecule has 0 saturated carbocycles. The van der Waals surface area contributed by atoms with Crippen LogP contribution in [-0.4, -0.2) is 23.7 Å². The predicted octanol–water partition coefficient (Wildman–Crippen LogP) is 13.3. The molecule has 0 aliphatic carbocycles. The number of para-hydroxylation sites is 7. The van der Waals surface area contributed by atoms with Crippen LogP contribution in [-0.2, 0) is 0 Å².